The van der Waals surface area contributed by atoms with Crippen molar-refractivity contribution in [2.24, 2.45) is 11.7 Å². The summed E-state index contributed by atoms with van der Waals surface area (Å²) in [4.78, 5) is 13.8. The maximum Gasteiger partial charge on any atom is 0.410 e. The molecule has 1 heterocycles. The van der Waals surface area contributed by atoms with Crippen molar-refractivity contribution in [2.75, 3.05) is 6.54 Å². The van der Waals surface area contributed by atoms with Crippen LogP contribution in [0.15, 0.2) is 30.3 Å². The topological polar surface area (TPSA) is 55.6 Å². The number of benzene rings is 1. The van der Waals surface area contributed by atoms with E-state index in [9.17, 15) is 4.79 Å². The molecule has 1 saturated carbocycles. The first-order valence-corrected chi connectivity index (χ1v) is 6.47. The molecule has 2 fully saturated rings. The molecule has 4 nitrogen and oxygen atoms in total. The first kappa shape index (κ1) is 11.5. The highest BCUT2D eigenvalue weighted by molar-refractivity contribution is 5.69. The molecule has 0 aromatic heterocycles. The third-order valence-corrected chi connectivity index (χ3v) is 3.76. The fraction of sp³-hybridized carbons (Fsp3) is 0.500. The van der Waals surface area contributed by atoms with Crippen LogP contribution in [-0.2, 0) is 11.3 Å². The summed E-state index contributed by atoms with van der Waals surface area (Å²) in [5.74, 6) is 0.609. The second-order valence-corrected chi connectivity index (χ2v) is 5.25. The van der Waals surface area contributed by atoms with E-state index >= 15 is 0 Å². The summed E-state index contributed by atoms with van der Waals surface area (Å²) in [6.45, 7) is 0.970. The Morgan fingerprint density at radius 3 is 2.89 bits per heavy atom. The first-order valence-electron chi connectivity index (χ1n) is 6.47. The molecule has 3 rings (SSSR count). The smallest absolute Gasteiger partial charge is 0.410 e. The van der Waals surface area contributed by atoms with E-state index in [4.69, 9.17) is 10.5 Å². The molecular formula is C14H18N2O2. The van der Waals surface area contributed by atoms with E-state index in [1.807, 2.05) is 35.2 Å². The second kappa shape index (κ2) is 4.61. The summed E-state index contributed by atoms with van der Waals surface area (Å²) < 4.78 is 5.34. The normalized spacial score (nSPS) is 29.6. The van der Waals surface area contributed by atoms with Gasteiger partial charge in [-0.1, -0.05) is 30.3 Å². The lowest BCUT2D eigenvalue weighted by Crippen LogP contribution is -2.46. The minimum absolute atomic E-state index is 0.109. The Bertz CT molecular complexity index is 435. The fourth-order valence-electron chi connectivity index (χ4n) is 2.73. The van der Waals surface area contributed by atoms with Gasteiger partial charge < -0.3 is 15.4 Å². The quantitative estimate of drug-likeness (QED) is 0.864. The first-order chi connectivity index (χ1) is 8.74. The molecular weight excluding hydrogens is 228 g/mol. The van der Waals surface area contributed by atoms with Gasteiger partial charge in [0.2, 0.25) is 0 Å². The Labute approximate surface area is 107 Å². The van der Waals surface area contributed by atoms with E-state index in [1.54, 1.807) is 0 Å². The van der Waals surface area contributed by atoms with E-state index in [2.05, 4.69) is 0 Å². The molecule has 0 spiro atoms. The summed E-state index contributed by atoms with van der Waals surface area (Å²) in [6.07, 6.45) is 1.92. The molecule has 3 unspecified atom stereocenters. The van der Waals surface area contributed by atoms with Crippen LogP contribution in [0.4, 0.5) is 4.79 Å². The highest BCUT2D eigenvalue weighted by Crippen LogP contribution is 2.42. The molecule has 2 N–H and O–H groups in total. The number of likely N-dealkylation sites (tertiary alicyclic amines) is 1. The summed E-state index contributed by atoms with van der Waals surface area (Å²) in [5.41, 5.74) is 6.95. The van der Waals surface area contributed by atoms with Gasteiger partial charge in [-0.05, 0) is 24.3 Å². The van der Waals surface area contributed by atoms with Gasteiger partial charge in [0, 0.05) is 18.6 Å². The van der Waals surface area contributed by atoms with Crippen LogP contribution in [0.3, 0.4) is 0 Å². The summed E-state index contributed by atoms with van der Waals surface area (Å²) >= 11 is 0. The molecule has 1 aromatic carbocycles. The van der Waals surface area contributed by atoms with Gasteiger partial charge in [-0.15, -0.1) is 0 Å². The molecule has 1 saturated heterocycles. The van der Waals surface area contributed by atoms with Gasteiger partial charge in [-0.3, -0.25) is 0 Å². The lowest BCUT2D eigenvalue weighted by molar-refractivity contribution is 0.0826. The number of hydrogen-bond donors (Lipinski definition) is 1. The number of rotatable bonds is 2. The molecule has 18 heavy (non-hydrogen) atoms. The maximum atomic E-state index is 12.0. The van der Waals surface area contributed by atoms with Crippen LogP contribution < -0.4 is 5.73 Å². The molecule has 1 aliphatic heterocycles. The zero-order chi connectivity index (χ0) is 12.5. The number of nitrogens with zero attached hydrogens (tertiary/aromatic N) is 1. The highest BCUT2D eigenvalue weighted by Gasteiger charge is 2.48. The van der Waals surface area contributed by atoms with Gasteiger partial charge in [-0.25, -0.2) is 4.79 Å². The largest absolute Gasteiger partial charge is 0.445 e. The Balaban J connectivity index is 1.55. The summed E-state index contributed by atoms with van der Waals surface area (Å²) in [5, 5.41) is 0. The van der Waals surface area contributed by atoms with Crippen LogP contribution in [0.1, 0.15) is 18.4 Å². The Morgan fingerprint density at radius 1 is 1.33 bits per heavy atom. The van der Waals surface area contributed by atoms with Gasteiger partial charge in [-0.2, -0.15) is 0 Å². The minimum Gasteiger partial charge on any atom is -0.445 e. The maximum absolute atomic E-state index is 12.0. The minimum atomic E-state index is -0.221. The number of amides is 1. The van der Waals surface area contributed by atoms with Crippen LogP contribution in [0.5, 0.6) is 0 Å². The number of nitrogens with two attached hydrogens (primary N) is 1. The fourth-order valence-corrected chi connectivity index (χ4v) is 2.73. The summed E-state index contributed by atoms with van der Waals surface area (Å²) in [6, 6.07) is 10.2. The van der Waals surface area contributed by atoms with Crippen LogP contribution in [0.25, 0.3) is 0 Å². The van der Waals surface area contributed by atoms with E-state index in [-0.39, 0.29) is 12.1 Å². The molecule has 1 amide bonds. The van der Waals surface area contributed by atoms with Crippen molar-refractivity contribution in [3.8, 4) is 0 Å². The SMILES string of the molecule is NC1CC2CC2N(C(=O)OCc2ccccc2)C1. The van der Waals surface area contributed by atoms with Gasteiger partial charge in [0.1, 0.15) is 6.61 Å². The van der Waals surface area contributed by atoms with Crippen molar-refractivity contribution >= 4 is 6.09 Å². The second-order valence-electron chi connectivity index (χ2n) is 5.25. The number of carbonyl (C=O) groups excluding carboxylic acids is 1. The standard InChI is InChI=1S/C14H18N2O2/c15-12-6-11-7-13(11)16(8-12)14(17)18-9-10-4-2-1-3-5-10/h1-5,11-13H,6-9,15H2. The average molecular weight is 246 g/mol. The van der Waals surface area contributed by atoms with Crippen molar-refractivity contribution in [3.05, 3.63) is 35.9 Å². The Kier molecular flexibility index (Phi) is 2.96. The van der Waals surface area contributed by atoms with E-state index in [1.165, 1.54) is 0 Å². The third-order valence-electron chi connectivity index (χ3n) is 3.76. The monoisotopic (exact) mass is 246 g/mol. The lowest BCUT2D eigenvalue weighted by Gasteiger charge is -2.29. The molecule has 3 atom stereocenters. The zero-order valence-corrected chi connectivity index (χ0v) is 10.3. The molecule has 2 aliphatic rings. The third kappa shape index (κ3) is 2.34. The van der Waals surface area contributed by atoms with Gasteiger partial charge in [0.15, 0.2) is 0 Å². The van der Waals surface area contributed by atoms with E-state index in [0.717, 1.165) is 18.4 Å². The van der Waals surface area contributed by atoms with Crippen molar-refractivity contribution in [3.63, 3.8) is 0 Å². The molecule has 96 valence electrons. The van der Waals surface area contributed by atoms with E-state index < -0.39 is 0 Å². The molecule has 0 radical (unpaired) electrons. The zero-order valence-electron chi connectivity index (χ0n) is 10.3. The van der Waals surface area contributed by atoms with Crippen molar-refractivity contribution in [1.82, 2.24) is 4.90 Å². The number of fused-ring (bicyclic) bond motifs is 1. The molecule has 4 heteroatoms. The van der Waals surface area contributed by atoms with Gasteiger partial charge in [0.25, 0.3) is 0 Å². The van der Waals surface area contributed by atoms with Crippen molar-refractivity contribution < 1.29 is 9.53 Å². The van der Waals surface area contributed by atoms with Crippen LogP contribution in [0.2, 0.25) is 0 Å². The van der Waals surface area contributed by atoms with Crippen molar-refractivity contribution in [1.29, 1.82) is 0 Å². The predicted molar refractivity (Wildman–Crippen MR) is 67.8 cm³/mol. The molecule has 0 bridgehead atoms. The highest BCUT2D eigenvalue weighted by atomic mass is 16.6. The number of piperidine rings is 1. The van der Waals surface area contributed by atoms with Crippen LogP contribution in [0, 0.1) is 5.92 Å². The van der Waals surface area contributed by atoms with Crippen LogP contribution >= 0.6 is 0 Å². The van der Waals surface area contributed by atoms with E-state index in [0.29, 0.717) is 25.1 Å². The number of ether oxygens (including phenoxy) is 1. The summed E-state index contributed by atoms with van der Waals surface area (Å²) in [7, 11) is 0. The number of carbonyl (C=O) groups is 1. The average Bonchev–Trinajstić information content (AvgIpc) is 3.15. The predicted octanol–water partition coefficient (Wildman–Crippen LogP) is 1.74. The van der Waals surface area contributed by atoms with Crippen molar-refractivity contribution in [2.45, 2.75) is 31.5 Å². The Morgan fingerprint density at radius 2 is 2.11 bits per heavy atom. The molecule has 1 aromatic rings. The Hall–Kier alpha value is -1.55. The molecule has 1 aliphatic carbocycles. The van der Waals surface area contributed by atoms with Gasteiger partial charge in [0.05, 0.1) is 0 Å². The van der Waals surface area contributed by atoms with Crippen LogP contribution in [-0.4, -0.2) is 29.6 Å². The lowest BCUT2D eigenvalue weighted by atomic mass is 10.1. The number of hydrogen-bond acceptors (Lipinski definition) is 3. The van der Waals surface area contributed by atoms with Gasteiger partial charge >= 0.3 is 6.09 Å².